The monoisotopic (exact) mass is 470 g/mol. The standard InChI is InChI=1S/C33H60N/c1-5-9-12-15-18-21-27-34(28-22-19-16-13-10-6-2,29-23-20-17-14-11-7-3)31-33-26-24-25-32(8-4)30-33/h8,24-26,30H,4-7,9-23,27-29,31H2,1-3H3/q+1. The number of hydrogen-bond donors (Lipinski definition) is 0. The summed E-state index contributed by atoms with van der Waals surface area (Å²) in [7, 11) is 0. The first-order valence-corrected chi connectivity index (χ1v) is 15.3. The van der Waals surface area contributed by atoms with Crippen LogP contribution in [0.3, 0.4) is 0 Å². The second kappa shape index (κ2) is 21.2. The second-order valence-electron chi connectivity index (χ2n) is 10.9. The van der Waals surface area contributed by atoms with Gasteiger partial charge in [-0.25, -0.2) is 0 Å². The van der Waals surface area contributed by atoms with Crippen LogP contribution in [0.5, 0.6) is 0 Å². The highest BCUT2D eigenvalue weighted by atomic mass is 15.3. The van der Waals surface area contributed by atoms with Gasteiger partial charge in [0.15, 0.2) is 0 Å². The highest BCUT2D eigenvalue weighted by molar-refractivity contribution is 5.47. The first-order valence-electron chi connectivity index (χ1n) is 15.3. The zero-order chi connectivity index (χ0) is 24.7. The van der Waals surface area contributed by atoms with Crippen LogP contribution >= 0.6 is 0 Å². The molecule has 0 saturated carbocycles. The summed E-state index contributed by atoms with van der Waals surface area (Å²) in [6, 6.07) is 9.19. The molecule has 0 bridgehead atoms. The van der Waals surface area contributed by atoms with Crippen molar-refractivity contribution in [2.24, 2.45) is 0 Å². The van der Waals surface area contributed by atoms with Gasteiger partial charge in [-0.3, -0.25) is 0 Å². The van der Waals surface area contributed by atoms with Crippen LogP contribution in [0, 0.1) is 0 Å². The van der Waals surface area contributed by atoms with E-state index in [2.05, 4.69) is 51.6 Å². The van der Waals surface area contributed by atoms with Crippen molar-refractivity contribution in [3.05, 3.63) is 42.0 Å². The van der Waals surface area contributed by atoms with Crippen LogP contribution < -0.4 is 0 Å². The minimum absolute atomic E-state index is 1.21. The lowest BCUT2D eigenvalue weighted by atomic mass is 10.0. The minimum Gasteiger partial charge on any atom is -0.320 e. The molecule has 0 atom stereocenters. The lowest BCUT2D eigenvalue weighted by Crippen LogP contribution is -2.49. The summed E-state index contributed by atoms with van der Waals surface area (Å²) >= 11 is 0. The van der Waals surface area contributed by atoms with E-state index in [1.54, 1.807) is 0 Å². The van der Waals surface area contributed by atoms with E-state index in [0.29, 0.717) is 0 Å². The molecule has 0 heterocycles. The Balaban J connectivity index is 2.83. The maximum Gasteiger partial charge on any atom is 0.104 e. The van der Waals surface area contributed by atoms with Gasteiger partial charge in [0, 0.05) is 5.56 Å². The maximum atomic E-state index is 4.02. The molecule has 0 fully saturated rings. The smallest absolute Gasteiger partial charge is 0.104 e. The molecule has 0 N–H and O–H groups in total. The summed E-state index contributed by atoms with van der Waals surface area (Å²) in [6.45, 7) is 16.3. The molecule has 1 aromatic rings. The van der Waals surface area contributed by atoms with Crippen molar-refractivity contribution in [2.45, 2.75) is 143 Å². The van der Waals surface area contributed by atoms with Crippen LogP contribution in [0.4, 0.5) is 0 Å². The van der Waals surface area contributed by atoms with Gasteiger partial charge in [-0.2, -0.15) is 0 Å². The third kappa shape index (κ3) is 15.0. The molecule has 1 heteroatoms. The normalized spacial score (nSPS) is 11.7. The summed E-state index contributed by atoms with van der Waals surface area (Å²) < 4.78 is 1.32. The molecule has 0 aliphatic carbocycles. The van der Waals surface area contributed by atoms with Crippen molar-refractivity contribution in [2.75, 3.05) is 19.6 Å². The molecule has 1 nitrogen and oxygen atoms in total. The Morgan fingerprint density at radius 1 is 0.588 bits per heavy atom. The lowest BCUT2D eigenvalue weighted by molar-refractivity contribution is -0.941. The predicted octanol–water partition coefficient (Wildman–Crippen LogP) is 10.7. The fraction of sp³-hybridized carbons (Fsp3) is 0.758. The molecule has 0 unspecified atom stereocenters. The van der Waals surface area contributed by atoms with Crippen molar-refractivity contribution in [1.82, 2.24) is 0 Å². The van der Waals surface area contributed by atoms with E-state index >= 15 is 0 Å². The van der Waals surface area contributed by atoms with Gasteiger partial charge in [0.05, 0.1) is 19.6 Å². The largest absolute Gasteiger partial charge is 0.320 e. The summed E-state index contributed by atoms with van der Waals surface area (Å²) in [6.07, 6.45) is 27.2. The SMILES string of the molecule is C=Cc1cccc(C[N+](CCCCCCCC)(CCCCCCCC)CCCCCCCC)c1. The number of unbranched alkanes of at least 4 members (excludes halogenated alkanes) is 15. The van der Waals surface area contributed by atoms with E-state index in [1.807, 2.05) is 6.08 Å². The molecule has 34 heavy (non-hydrogen) atoms. The summed E-state index contributed by atoms with van der Waals surface area (Å²) in [5.74, 6) is 0. The molecule has 196 valence electrons. The van der Waals surface area contributed by atoms with Crippen molar-refractivity contribution in [3.8, 4) is 0 Å². The van der Waals surface area contributed by atoms with Gasteiger partial charge in [-0.05, 0) is 50.2 Å². The fourth-order valence-electron chi connectivity index (χ4n) is 5.46. The Labute approximate surface area is 215 Å². The molecule has 0 aromatic heterocycles. The molecule has 1 rings (SSSR count). The topological polar surface area (TPSA) is 0 Å². The van der Waals surface area contributed by atoms with Crippen molar-refractivity contribution in [3.63, 3.8) is 0 Å². The predicted molar refractivity (Wildman–Crippen MR) is 155 cm³/mol. The van der Waals surface area contributed by atoms with Crippen LogP contribution in [-0.2, 0) is 6.54 Å². The lowest BCUT2D eigenvalue weighted by Gasteiger charge is -2.40. The molecule has 0 saturated heterocycles. The minimum atomic E-state index is 1.21. The first kappa shape index (κ1) is 31.0. The summed E-state index contributed by atoms with van der Waals surface area (Å²) in [5, 5.41) is 0. The number of rotatable bonds is 24. The van der Waals surface area contributed by atoms with E-state index in [4.69, 9.17) is 0 Å². The zero-order valence-electron chi connectivity index (χ0n) is 23.6. The average Bonchev–Trinajstić information content (AvgIpc) is 2.85. The van der Waals surface area contributed by atoms with Gasteiger partial charge in [-0.15, -0.1) is 0 Å². The van der Waals surface area contributed by atoms with Crippen LogP contribution in [-0.4, -0.2) is 24.1 Å². The van der Waals surface area contributed by atoms with Crippen molar-refractivity contribution < 1.29 is 4.48 Å². The van der Waals surface area contributed by atoms with Gasteiger partial charge in [0.25, 0.3) is 0 Å². The Morgan fingerprint density at radius 3 is 1.41 bits per heavy atom. The molecule has 0 aliphatic rings. The number of nitrogens with zero attached hydrogens (tertiary/aromatic N) is 1. The van der Waals surface area contributed by atoms with Crippen LogP contribution in [0.15, 0.2) is 30.8 Å². The summed E-state index contributed by atoms with van der Waals surface area (Å²) in [4.78, 5) is 0. The number of quaternary nitrogens is 1. The van der Waals surface area contributed by atoms with E-state index < -0.39 is 0 Å². The molecule has 0 aliphatic heterocycles. The van der Waals surface area contributed by atoms with Crippen molar-refractivity contribution >= 4 is 6.08 Å². The van der Waals surface area contributed by atoms with Gasteiger partial charge < -0.3 is 4.48 Å². The van der Waals surface area contributed by atoms with E-state index in [1.165, 1.54) is 157 Å². The van der Waals surface area contributed by atoms with E-state index in [-0.39, 0.29) is 0 Å². The fourth-order valence-corrected chi connectivity index (χ4v) is 5.46. The summed E-state index contributed by atoms with van der Waals surface area (Å²) in [5.41, 5.74) is 2.79. The molecule has 0 spiro atoms. The molecular formula is C33H60N+. The van der Waals surface area contributed by atoms with Crippen LogP contribution in [0.2, 0.25) is 0 Å². The van der Waals surface area contributed by atoms with Crippen LogP contribution in [0.25, 0.3) is 6.08 Å². The average molecular weight is 471 g/mol. The Morgan fingerprint density at radius 2 is 1.00 bits per heavy atom. The zero-order valence-corrected chi connectivity index (χ0v) is 23.6. The number of hydrogen-bond acceptors (Lipinski definition) is 0. The van der Waals surface area contributed by atoms with Gasteiger partial charge in [0.2, 0.25) is 0 Å². The van der Waals surface area contributed by atoms with E-state index in [9.17, 15) is 0 Å². The molecule has 0 amide bonds. The Bertz CT molecular complexity index is 549. The van der Waals surface area contributed by atoms with Gasteiger partial charge >= 0.3 is 0 Å². The molecule has 1 aromatic carbocycles. The quantitative estimate of drug-likeness (QED) is 0.104. The third-order valence-electron chi connectivity index (χ3n) is 7.66. The van der Waals surface area contributed by atoms with Gasteiger partial charge in [0.1, 0.15) is 6.54 Å². The van der Waals surface area contributed by atoms with Crippen LogP contribution in [0.1, 0.15) is 147 Å². The first-order chi connectivity index (χ1) is 16.7. The Kier molecular flexibility index (Phi) is 19.3. The number of benzene rings is 1. The molecular weight excluding hydrogens is 410 g/mol. The van der Waals surface area contributed by atoms with E-state index in [0.717, 1.165) is 0 Å². The molecule has 0 radical (unpaired) electrons. The van der Waals surface area contributed by atoms with Gasteiger partial charge in [-0.1, -0.05) is 129 Å². The Hall–Kier alpha value is -1.08. The third-order valence-corrected chi connectivity index (χ3v) is 7.66. The highest BCUT2D eigenvalue weighted by Gasteiger charge is 2.27. The second-order valence-corrected chi connectivity index (χ2v) is 10.9. The van der Waals surface area contributed by atoms with Crippen molar-refractivity contribution in [1.29, 1.82) is 0 Å². The maximum absolute atomic E-state index is 4.02. The highest BCUT2D eigenvalue weighted by Crippen LogP contribution is 2.23.